The lowest BCUT2D eigenvalue weighted by Gasteiger charge is -2.12. The smallest absolute Gasteiger partial charge is 0.195 e. The Balaban J connectivity index is 2.59. The molecular weight excluding hydrogens is 240 g/mol. The summed E-state index contributed by atoms with van der Waals surface area (Å²) in [4.78, 5) is 5.34. The van der Waals surface area contributed by atoms with Crippen molar-refractivity contribution in [3.63, 3.8) is 0 Å². The Morgan fingerprint density at radius 1 is 1.62 bits per heavy atom. The van der Waals surface area contributed by atoms with Crippen LogP contribution >= 0.6 is 23.6 Å². The fraction of sp³-hybridized carbons (Fsp3) is 0.500. The van der Waals surface area contributed by atoms with Crippen LogP contribution in [0.4, 0.5) is 0 Å². The third-order valence-corrected chi connectivity index (χ3v) is 3.90. The van der Waals surface area contributed by atoms with E-state index in [1.54, 1.807) is 11.3 Å². The highest BCUT2D eigenvalue weighted by Crippen LogP contribution is 2.28. The molecule has 16 heavy (non-hydrogen) atoms. The Kier molecular flexibility index (Phi) is 3.20. The van der Waals surface area contributed by atoms with Crippen LogP contribution in [0, 0.1) is 11.7 Å². The molecule has 2 rings (SSSR count). The summed E-state index contributed by atoms with van der Waals surface area (Å²) in [6, 6.07) is 0.350. The highest BCUT2D eigenvalue weighted by Gasteiger charge is 2.16. The number of hydrogen-bond acceptors (Lipinski definition) is 4. The van der Waals surface area contributed by atoms with Crippen molar-refractivity contribution >= 4 is 23.6 Å². The summed E-state index contributed by atoms with van der Waals surface area (Å²) in [5.41, 5.74) is 2.84. The van der Waals surface area contributed by atoms with E-state index in [1.165, 1.54) is 0 Å². The van der Waals surface area contributed by atoms with Gasteiger partial charge in [-0.2, -0.15) is 5.10 Å². The summed E-state index contributed by atoms with van der Waals surface area (Å²) in [5.74, 6) is 0.902. The lowest BCUT2D eigenvalue weighted by molar-refractivity contribution is 0.529. The molecule has 0 radical (unpaired) electrons. The summed E-state index contributed by atoms with van der Waals surface area (Å²) >= 11 is 6.86. The summed E-state index contributed by atoms with van der Waals surface area (Å²) in [5, 5.41) is 7.17. The zero-order chi connectivity index (χ0) is 11.7. The first-order valence-electron chi connectivity index (χ1n) is 5.22. The molecule has 1 N–H and O–H groups in total. The Morgan fingerprint density at radius 3 is 2.94 bits per heavy atom. The first-order valence-corrected chi connectivity index (χ1v) is 6.51. The molecule has 2 aromatic heterocycles. The second-order valence-corrected chi connectivity index (χ2v) is 4.99. The van der Waals surface area contributed by atoms with Gasteiger partial charge in [0, 0.05) is 6.04 Å². The molecule has 0 aromatic carbocycles. The predicted octanol–water partition coefficient (Wildman–Crippen LogP) is 3.34. The highest BCUT2D eigenvalue weighted by molar-refractivity contribution is 7.71. The molecule has 0 spiro atoms. The van der Waals surface area contributed by atoms with Crippen LogP contribution in [0.25, 0.3) is 10.7 Å². The van der Waals surface area contributed by atoms with Crippen molar-refractivity contribution in [1.29, 1.82) is 0 Å². The van der Waals surface area contributed by atoms with Gasteiger partial charge in [0.25, 0.3) is 0 Å². The Morgan fingerprint density at radius 2 is 2.38 bits per heavy atom. The maximum Gasteiger partial charge on any atom is 0.195 e. The second-order valence-electron chi connectivity index (χ2n) is 3.75. The van der Waals surface area contributed by atoms with Crippen LogP contribution in [0.15, 0.2) is 5.51 Å². The normalized spacial score (nSPS) is 12.9. The van der Waals surface area contributed by atoms with E-state index in [0.717, 1.165) is 22.8 Å². The zero-order valence-corrected chi connectivity index (χ0v) is 11.2. The molecule has 4 nitrogen and oxygen atoms in total. The van der Waals surface area contributed by atoms with Gasteiger partial charge in [-0.25, -0.2) is 4.98 Å². The summed E-state index contributed by atoms with van der Waals surface area (Å²) in [6.45, 7) is 6.28. The van der Waals surface area contributed by atoms with Gasteiger partial charge < -0.3 is 0 Å². The fourth-order valence-electron chi connectivity index (χ4n) is 1.57. The average molecular weight is 254 g/mol. The van der Waals surface area contributed by atoms with Gasteiger partial charge in [0.15, 0.2) is 10.6 Å². The van der Waals surface area contributed by atoms with Crippen LogP contribution in [0.3, 0.4) is 0 Å². The minimum atomic E-state index is 0.350. The number of rotatable bonds is 3. The maximum absolute atomic E-state index is 5.26. The monoisotopic (exact) mass is 254 g/mol. The van der Waals surface area contributed by atoms with Crippen LogP contribution in [-0.2, 0) is 0 Å². The number of nitrogens with zero attached hydrogens (tertiary/aromatic N) is 3. The Bertz CT molecular complexity index is 537. The van der Waals surface area contributed by atoms with Crippen molar-refractivity contribution in [3.8, 4) is 10.7 Å². The fourth-order valence-corrected chi connectivity index (χ4v) is 2.67. The minimum Gasteiger partial charge on any atom is -0.297 e. The van der Waals surface area contributed by atoms with Crippen LogP contribution < -0.4 is 0 Å². The van der Waals surface area contributed by atoms with Crippen LogP contribution in [-0.4, -0.2) is 19.7 Å². The zero-order valence-electron chi connectivity index (χ0n) is 9.52. The molecule has 2 heterocycles. The number of nitrogens with one attached hydrogen (secondary N) is 1. The molecule has 0 saturated heterocycles. The van der Waals surface area contributed by atoms with E-state index in [2.05, 4.69) is 33.6 Å². The summed E-state index contributed by atoms with van der Waals surface area (Å²) in [6.07, 6.45) is 1.03. The second kappa shape index (κ2) is 4.47. The van der Waals surface area contributed by atoms with Crippen molar-refractivity contribution in [2.24, 2.45) is 0 Å². The lowest BCUT2D eigenvalue weighted by Crippen LogP contribution is -2.06. The molecule has 0 amide bonds. The molecule has 0 saturated carbocycles. The largest absolute Gasteiger partial charge is 0.297 e. The number of aromatic amines is 1. The molecule has 6 heteroatoms. The van der Waals surface area contributed by atoms with Gasteiger partial charge >= 0.3 is 0 Å². The van der Waals surface area contributed by atoms with Crippen LogP contribution in [0.2, 0.25) is 0 Å². The van der Waals surface area contributed by atoms with E-state index in [4.69, 9.17) is 12.2 Å². The molecule has 86 valence electrons. The van der Waals surface area contributed by atoms with E-state index in [9.17, 15) is 0 Å². The van der Waals surface area contributed by atoms with Crippen LogP contribution in [0.5, 0.6) is 0 Å². The van der Waals surface area contributed by atoms with Crippen molar-refractivity contribution in [3.05, 3.63) is 16.0 Å². The summed E-state index contributed by atoms with van der Waals surface area (Å²) < 4.78 is 2.74. The molecular formula is C10H14N4S2. The molecule has 1 unspecified atom stereocenters. The lowest BCUT2D eigenvalue weighted by atomic mass is 10.2. The number of hydrogen-bond donors (Lipinski definition) is 1. The van der Waals surface area contributed by atoms with Gasteiger partial charge in [-0.3, -0.25) is 9.67 Å². The molecule has 2 aromatic rings. The first-order chi connectivity index (χ1) is 7.65. The van der Waals surface area contributed by atoms with Crippen molar-refractivity contribution in [1.82, 2.24) is 19.7 Å². The van der Waals surface area contributed by atoms with E-state index in [-0.39, 0.29) is 0 Å². The van der Waals surface area contributed by atoms with Gasteiger partial charge in [0.05, 0.1) is 16.1 Å². The third kappa shape index (κ3) is 1.82. The van der Waals surface area contributed by atoms with Crippen molar-refractivity contribution < 1.29 is 0 Å². The van der Waals surface area contributed by atoms with Gasteiger partial charge in [0.1, 0.15) is 0 Å². The topological polar surface area (TPSA) is 46.5 Å². The van der Waals surface area contributed by atoms with Gasteiger partial charge in [-0.15, -0.1) is 11.3 Å². The third-order valence-electron chi connectivity index (χ3n) is 2.68. The SMILES string of the molecule is CCC(C)n1c(-c2scnc2C)n[nH]c1=S. The molecule has 0 aliphatic rings. The molecule has 0 fully saturated rings. The van der Waals surface area contributed by atoms with E-state index in [0.29, 0.717) is 10.8 Å². The van der Waals surface area contributed by atoms with E-state index < -0.39 is 0 Å². The van der Waals surface area contributed by atoms with E-state index >= 15 is 0 Å². The van der Waals surface area contributed by atoms with Gasteiger partial charge in [0.2, 0.25) is 0 Å². The molecule has 1 atom stereocenters. The van der Waals surface area contributed by atoms with Crippen molar-refractivity contribution in [2.45, 2.75) is 33.2 Å². The minimum absolute atomic E-state index is 0.350. The van der Waals surface area contributed by atoms with Crippen molar-refractivity contribution in [2.75, 3.05) is 0 Å². The van der Waals surface area contributed by atoms with Gasteiger partial charge in [-0.1, -0.05) is 6.92 Å². The molecule has 0 aliphatic carbocycles. The quantitative estimate of drug-likeness (QED) is 0.854. The number of aryl methyl sites for hydroxylation is 1. The molecule has 0 bridgehead atoms. The Hall–Kier alpha value is -1.01. The maximum atomic E-state index is 5.26. The van der Waals surface area contributed by atoms with Crippen LogP contribution in [0.1, 0.15) is 32.0 Å². The number of aromatic nitrogens is 4. The predicted molar refractivity (Wildman–Crippen MR) is 68.3 cm³/mol. The molecule has 0 aliphatic heterocycles. The standard InChI is InChI=1S/C10H14N4S2/c1-4-6(2)14-9(12-13-10(14)15)8-7(3)11-5-16-8/h5-6H,4H2,1-3H3,(H,13,15). The van der Waals surface area contributed by atoms with E-state index in [1.807, 2.05) is 12.4 Å². The average Bonchev–Trinajstić information content (AvgIpc) is 2.83. The summed E-state index contributed by atoms with van der Waals surface area (Å²) in [7, 11) is 0. The Labute approximate surface area is 103 Å². The van der Waals surface area contributed by atoms with Gasteiger partial charge in [-0.05, 0) is 32.5 Å². The number of thiazole rings is 1. The highest BCUT2D eigenvalue weighted by atomic mass is 32.1. The first kappa shape index (κ1) is 11.5. The number of H-pyrrole nitrogens is 1.